The molecule has 0 aromatic carbocycles. The molecule has 0 aliphatic carbocycles. The fraction of sp³-hybridized carbons (Fsp3) is 0.706. The highest BCUT2D eigenvalue weighted by Crippen LogP contribution is 2.54. The van der Waals surface area contributed by atoms with Gasteiger partial charge >= 0.3 is 0 Å². The van der Waals surface area contributed by atoms with Crippen LogP contribution >= 0.6 is 11.3 Å². The van der Waals surface area contributed by atoms with Crippen molar-refractivity contribution in [3.8, 4) is 0 Å². The van der Waals surface area contributed by atoms with Gasteiger partial charge in [0.1, 0.15) is 0 Å². The summed E-state index contributed by atoms with van der Waals surface area (Å²) in [6.07, 6.45) is 3.26. The molecule has 5 heteroatoms. The Labute approximate surface area is 136 Å². The summed E-state index contributed by atoms with van der Waals surface area (Å²) in [5.41, 5.74) is 1.11. The van der Waals surface area contributed by atoms with Crippen molar-refractivity contribution in [3.05, 3.63) is 22.4 Å². The van der Waals surface area contributed by atoms with Gasteiger partial charge in [-0.2, -0.15) is 11.3 Å². The van der Waals surface area contributed by atoms with Gasteiger partial charge in [-0.15, -0.1) is 0 Å². The topological polar surface area (TPSA) is 32.8 Å². The number of likely N-dealkylation sites (tertiary alicyclic amines) is 1. The third kappa shape index (κ3) is 2.30. The van der Waals surface area contributed by atoms with Gasteiger partial charge in [0.15, 0.2) is 0 Å². The highest BCUT2D eigenvalue weighted by atomic mass is 32.1. The predicted molar refractivity (Wildman–Crippen MR) is 87.0 cm³/mol. The number of hydrogen-bond acceptors (Lipinski definition) is 4. The third-order valence-electron chi connectivity index (χ3n) is 5.65. The van der Waals surface area contributed by atoms with E-state index < -0.39 is 0 Å². The highest BCUT2D eigenvalue weighted by molar-refractivity contribution is 7.07. The fourth-order valence-corrected chi connectivity index (χ4v) is 5.39. The van der Waals surface area contributed by atoms with E-state index in [0.717, 1.165) is 31.6 Å². The Hall–Kier alpha value is -0.910. The maximum absolute atomic E-state index is 12.6. The summed E-state index contributed by atoms with van der Waals surface area (Å²) in [6, 6.07) is 2.05. The number of carbonyl (C=O) groups is 1. The summed E-state index contributed by atoms with van der Waals surface area (Å²) in [4.78, 5) is 16.9. The second-order valence-electron chi connectivity index (χ2n) is 7.37. The van der Waals surface area contributed by atoms with E-state index in [-0.39, 0.29) is 11.5 Å². The molecule has 4 atom stereocenters. The Bertz CT molecular complexity index is 559. The maximum Gasteiger partial charge on any atom is 0.227 e. The zero-order valence-electron chi connectivity index (χ0n) is 13.3. The van der Waals surface area contributed by atoms with Crippen molar-refractivity contribution in [2.45, 2.75) is 31.0 Å². The van der Waals surface area contributed by atoms with Gasteiger partial charge in [0.05, 0.1) is 24.7 Å². The van der Waals surface area contributed by atoms with Crippen LogP contribution in [-0.2, 0) is 16.0 Å². The molecule has 4 rings (SSSR count). The second-order valence-corrected chi connectivity index (χ2v) is 8.16. The van der Waals surface area contributed by atoms with Crippen molar-refractivity contribution in [1.29, 1.82) is 0 Å². The van der Waals surface area contributed by atoms with Crippen LogP contribution in [0.3, 0.4) is 0 Å². The zero-order valence-corrected chi connectivity index (χ0v) is 14.1. The molecule has 3 aliphatic rings. The van der Waals surface area contributed by atoms with Gasteiger partial charge in [-0.25, -0.2) is 0 Å². The van der Waals surface area contributed by atoms with Crippen LogP contribution in [0.4, 0.5) is 0 Å². The van der Waals surface area contributed by atoms with Gasteiger partial charge in [-0.3, -0.25) is 4.79 Å². The molecule has 22 heavy (non-hydrogen) atoms. The summed E-state index contributed by atoms with van der Waals surface area (Å²) in [7, 11) is 4.26. The molecule has 4 nitrogen and oxygen atoms in total. The Morgan fingerprint density at radius 1 is 1.55 bits per heavy atom. The number of amides is 1. The standard InChI is InChI=1S/C17H24N2O2S/c1-18(2)8-13-14-9-19(11-17(14)5-3-15(13)21-17)16(20)7-12-4-6-22-10-12/h4,6,10,13-15H,3,5,7-9,11H2,1-2H3/t13-,14+,15+,17+/m0/s1. The molecule has 0 radical (unpaired) electrons. The molecule has 0 saturated carbocycles. The number of ether oxygens (including phenoxy) is 1. The summed E-state index contributed by atoms with van der Waals surface area (Å²) in [5.74, 6) is 1.38. The van der Waals surface area contributed by atoms with E-state index in [4.69, 9.17) is 4.74 Å². The Morgan fingerprint density at radius 3 is 3.14 bits per heavy atom. The van der Waals surface area contributed by atoms with E-state index in [1.807, 2.05) is 5.38 Å². The SMILES string of the molecule is CN(C)C[C@H]1[C@H]2CN(C(=O)Cc3ccsc3)C[C@]23CC[C@H]1O3. The predicted octanol–water partition coefficient (Wildman–Crippen LogP) is 1.86. The number of carbonyl (C=O) groups excluding carboxylic acids is 1. The molecular formula is C17H24N2O2S. The van der Waals surface area contributed by atoms with Gasteiger partial charge in [0, 0.05) is 24.9 Å². The average Bonchev–Trinajstić information content (AvgIpc) is 3.19. The molecule has 1 aromatic heterocycles. The monoisotopic (exact) mass is 320 g/mol. The fourth-order valence-electron chi connectivity index (χ4n) is 4.73. The van der Waals surface area contributed by atoms with E-state index >= 15 is 0 Å². The lowest BCUT2D eigenvalue weighted by Gasteiger charge is -2.30. The minimum absolute atomic E-state index is 0.0321. The first-order valence-corrected chi connectivity index (χ1v) is 9.13. The first-order chi connectivity index (χ1) is 10.6. The molecule has 3 saturated heterocycles. The number of hydrogen-bond donors (Lipinski definition) is 0. The smallest absolute Gasteiger partial charge is 0.227 e. The van der Waals surface area contributed by atoms with Crippen molar-refractivity contribution in [2.24, 2.45) is 11.8 Å². The normalized spacial score (nSPS) is 36.3. The molecule has 120 valence electrons. The molecule has 1 aromatic rings. The molecule has 2 bridgehead atoms. The van der Waals surface area contributed by atoms with Gasteiger partial charge in [0.25, 0.3) is 0 Å². The number of rotatable bonds is 4. The lowest BCUT2D eigenvalue weighted by Crippen LogP contribution is -2.40. The Morgan fingerprint density at radius 2 is 2.41 bits per heavy atom. The van der Waals surface area contributed by atoms with Crippen LogP contribution in [0.15, 0.2) is 16.8 Å². The molecule has 1 amide bonds. The lowest BCUT2D eigenvalue weighted by atomic mass is 9.73. The van der Waals surface area contributed by atoms with Crippen LogP contribution in [0.5, 0.6) is 0 Å². The molecule has 1 spiro atoms. The largest absolute Gasteiger partial charge is 0.369 e. The van der Waals surface area contributed by atoms with E-state index in [0.29, 0.717) is 24.4 Å². The minimum atomic E-state index is -0.0321. The molecule has 0 N–H and O–H groups in total. The summed E-state index contributed by atoms with van der Waals surface area (Å²) >= 11 is 1.66. The maximum atomic E-state index is 12.6. The first kappa shape index (κ1) is 14.7. The van der Waals surface area contributed by atoms with E-state index in [9.17, 15) is 4.79 Å². The summed E-state index contributed by atoms with van der Waals surface area (Å²) in [5, 5.41) is 4.11. The quantitative estimate of drug-likeness (QED) is 0.849. The number of fused-ring (bicyclic) bond motifs is 1. The molecule has 0 unspecified atom stereocenters. The van der Waals surface area contributed by atoms with Crippen molar-refractivity contribution in [2.75, 3.05) is 33.7 Å². The lowest BCUT2D eigenvalue weighted by molar-refractivity contribution is -0.131. The van der Waals surface area contributed by atoms with Crippen molar-refractivity contribution >= 4 is 17.2 Å². The number of nitrogens with zero attached hydrogens (tertiary/aromatic N) is 2. The Balaban J connectivity index is 1.47. The van der Waals surface area contributed by atoms with Gasteiger partial charge < -0.3 is 14.5 Å². The first-order valence-electron chi connectivity index (χ1n) is 8.19. The van der Waals surface area contributed by atoms with Crippen molar-refractivity contribution in [3.63, 3.8) is 0 Å². The molecule has 4 heterocycles. The van der Waals surface area contributed by atoms with Crippen LogP contribution in [0.1, 0.15) is 18.4 Å². The molecular weight excluding hydrogens is 296 g/mol. The Kier molecular flexibility index (Phi) is 3.55. The highest BCUT2D eigenvalue weighted by Gasteiger charge is 2.63. The molecule has 3 aliphatic heterocycles. The minimum Gasteiger partial charge on any atom is -0.369 e. The van der Waals surface area contributed by atoms with Gasteiger partial charge in [-0.1, -0.05) is 0 Å². The number of thiophene rings is 1. The van der Waals surface area contributed by atoms with Crippen LogP contribution < -0.4 is 0 Å². The second kappa shape index (κ2) is 5.32. The van der Waals surface area contributed by atoms with E-state index in [2.05, 4.69) is 35.3 Å². The third-order valence-corrected chi connectivity index (χ3v) is 6.38. The van der Waals surface area contributed by atoms with Gasteiger partial charge in [0.2, 0.25) is 5.91 Å². The van der Waals surface area contributed by atoms with Crippen LogP contribution in [-0.4, -0.2) is 61.1 Å². The van der Waals surface area contributed by atoms with Gasteiger partial charge in [-0.05, 0) is 49.3 Å². The van der Waals surface area contributed by atoms with Crippen LogP contribution in [0, 0.1) is 11.8 Å². The zero-order chi connectivity index (χ0) is 15.3. The summed E-state index contributed by atoms with van der Waals surface area (Å²) in [6.45, 7) is 2.77. The summed E-state index contributed by atoms with van der Waals surface area (Å²) < 4.78 is 6.39. The average molecular weight is 320 g/mol. The van der Waals surface area contributed by atoms with Crippen molar-refractivity contribution < 1.29 is 9.53 Å². The van der Waals surface area contributed by atoms with Crippen molar-refractivity contribution in [1.82, 2.24) is 9.80 Å². The van der Waals surface area contributed by atoms with Crippen LogP contribution in [0.25, 0.3) is 0 Å². The van der Waals surface area contributed by atoms with Crippen LogP contribution in [0.2, 0.25) is 0 Å². The van der Waals surface area contributed by atoms with E-state index in [1.54, 1.807) is 11.3 Å². The van der Waals surface area contributed by atoms with E-state index in [1.165, 1.54) is 6.42 Å². The molecule has 3 fully saturated rings.